The van der Waals surface area contributed by atoms with Gasteiger partial charge >= 0.3 is 6.09 Å². The minimum absolute atomic E-state index is 0. The van der Waals surface area contributed by atoms with Crippen molar-refractivity contribution < 1.29 is 14.3 Å². The lowest BCUT2D eigenvalue weighted by molar-refractivity contribution is 0.103. The molecule has 1 amide bonds. The van der Waals surface area contributed by atoms with Crippen LogP contribution in [0.5, 0.6) is 5.75 Å². The van der Waals surface area contributed by atoms with Crippen molar-refractivity contribution in [3.8, 4) is 17.0 Å². The van der Waals surface area contributed by atoms with Crippen LogP contribution in [0.1, 0.15) is 17.5 Å². The van der Waals surface area contributed by atoms with E-state index >= 15 is 0 Å². The fraction of sp³-hybridized carbons (Fsp3) is 0.333. The molecular formula is C18H20BrN3O3S. The fourth-order valence-corrected chi connectivity index (χ4v) is 4.24. The van der Waals surface area contributed by atoms with E-state index in [2.05, 4.69) is 10.6 Å². The molecule has 1 aliphatic heterocycles. The molecule has 26 heavy (non-hydrogen) atoms. The van der Waals surface area contributed by atoms with Crippen LogP contribution in [0.15, 0.2) is 30.5 Å². The van der Waals surface area contributed by atoms with E-state index in [4.69, 9.17) is 14.5 Å². The van der Waals surface area contributed by atoms with Gasteiger partial charge in [-0.25, -0.2) is 9.78 Å². The molecular weight excluding hydrogens is 418 g/mol. The number of thiazole rings is 1. The maximum absolute atomic E-state index is 11.9. The molecule has 0 saturated heterocycles. The summed E-state index contributed by atoms with van der Waals surface area (Å²) in [5.74, 6) is 0.834. The van der Waals surface area contributed by atoms with Crippen LogP contribution in [0.4, 0.5) is 4.79 Å². The van der Waals surface area contributed by atoms with Crippen LogP contribution in [-0.2, 0) is 17.7 Å². The summed E-state index contributed by atoms with van der Waals surface area (Å²) in [7, 11) is 1.66. The Morgan fingerprint density at radius 2 is 2.08 bits per heavy atom. The molecule has 0 saturated carbocycles. The summed E-state index contributed by atoms with van der Waals surface area (Å²) in [6.45, 7) is 3.50. The molecule has 0 unspecified atom stereocenters. The monoisotopic (exact) mass is 437 g/mol. The first-order valence-electron chi connectivity index (χ1n) is 8.25. The molecule has 8 heteroatoms. The molecule has 1 aromatic carbocycles. The third-order valence-electron chi connectivity index (χ3n) is 4.37. The Hall–Kier alpha value is -2.06. The first-order chi connectivity index (χ1) is 12.2. The van der Waals surface area contributed by atoms with Gasteiger partial charge in [-0.15, -0.1) is 17.0 Å². The van der Waals surface area contributed by atoms with Gasteiger partial charge in [0.25, 0.3) is 0 Å². The van der Waals surface area contributed by atoms with Gasteiger partial charge in [0.2, 0.25) is 0 Å². The second-order valence-electron chi connectivity index (χ2n) is 5.85. The van der Waals surface area contributed by atoms with Gasteiger partial charge in [-0.1, -0.05) is 11.3 Å². The number of fused-ring (bicyclic) bond motifs is 3. The van der Waals surface area contributed by atoms with Crippen LogP contribution in [0.25, 0.3) is 16.2 Å². The summed E-state index contributed by atoms with van der Waals surface area (Å²) in [6.07, 6.45) is 2.65. The molecule has 4 rings (SSSR count). The van der Waals surface area contributed by atoms with Gasteiger partial charge in [-0.3, -0.25) is 4.40 Å². The molecule has 138 valence electrons. The lowest BCUT2D eigenvalue weighted by Crippen LogP contribution is -2.36. The summed E-state index contributed by atoms with van der Waals surface area (Å²) in [6, 6.07) is 7.91. The summed E-state index contributed by atoms with van der Waals surface area (Å²) in [5.41, 5.74) is 3.26. The number of hydrogen-bond donors (Lipinski definition) is 0. The van der Waals surface area contributed by atoms with Gasteiger partial charge in [0, 0.05) is 35.3 Å². The van der Waals surface area contributed by atoms with Gasteiger partial charge in [0.15, 0.2) is 4.96 Å². The standard InChI is InChI=1S/C18H19N3O3S.BrH/c1-3-24-18(22)20-9-8-15-16(11-20)25-17-19-14(10-21(15)17)12-4-6-13(23-2)7-5-12;/h4-7,10H,3,8-9,11H2,1-2H3;1H. The quantitative estimate of drug-likeness (QED) is 0.616. The van der Waals surface area contributed by atoms with Crippen molar-refractivity contribution in [3.63, 3.8) is 0 Å². The molecule has 2 aromatic heterocycles. The van der Waals surface area contributed by atoms with Gasteiger partial charge in [0.05, 0.1) is 26.0 Å². The van der Waals surface area contributed by atoms with Crippen LogP contribution in [0.3, 0.4) is 0 Å². The number of aromatic nitrogens is 2. The molecule has 0 aliphatic carbocycles. The highest BCUT2D eigenvalue weighted by molar-refractivity contribution is 8.93. The molecule has 6 nitrogen and oxygen atoms in total. The lowest BCUT2D eigenvalue weighted by atomic mass is 10.1. The molecule has 0 fully saturated rings. The second kappa shape index (κ2) is 7.67. The predicted octanol–water partition coefficient (Wildman–Crippen LogP) is 4.16. The average Bonchev–Trinajstić information content (AvgIpc) is 3.19. The maximum atomic E-state index is 11.9. The van der Waals surface area contributed by atoms with Gasteiger partial charge < -0.3 is 14.4 Å². The lowest BCUT2D eigenvalue weighted by Gasteiger charge is -2.25. The maximum Gasteiger partial charge on any atom is 0.410 e. The van der Waals surface area contributed by atoms with Crippen LogP contribution in [0.2, 0.25) is 0 Å². The number of amides is 1. The Bertz CT molecular complexity index is 920. The Balaban J connectivity index is 0.00000196. The number of rotatable bonds is 3. The van der Waals surface area contributed by atoms with Crippen molar-refractivity contribution in [1.29, 1.82) is 0 Å². The Kier molecular flexibility index (Phi) is 5.52. The first kappa shape index (κ1) is 18.7. The molecule has 0 bridgehead atoms. The van der Waals surface area contributed by atoms with E-state index in [9.17, 15) is 4.79 Å². The van der Waals surface area contributed by atoms with E-state index in [1.807, 2.05) is 31.2 Å². The second-order valence-corrected chi connectivity index (χ2v) is 6.91. The summed E-state index contributed by atoms with van der Waals surface area (Å²) in [4.78, 5) is 20.6. The van der Waals surface area contributed by atoms with Crippen LogP contribution >= 0.6 is 28.3 Å². The van der Waals surface area contributed by atoms with Crippen LogP contribution in [-0.4, -0.2) is 40.6 Å². The minimum Gasteiger partial charge on any atom is -0.497 e. The highest BCUT2D eigenvalue weighted by Gasteiger charge is 2.26. The van der Waals surface area contributed by atoms with Crippen LogP contribution < -0.4 is 4.74 Å². The van der Waals surface area contributed by atoms with E-state index in [0.29, 0.717) is 19.7 Å². The number of benzene rings is 1. The number of imidazole rings is 1. The molecule has 0 N–H and O–H groups in total. The predicted molar refractivity (Wildman–Crippen MR) is 107 cm³/mol. The molecule has 3 aromatic rings. The minimum atomic E-state index is -0.238. The molecule has 3 heterocycles. The Morgan fingerprint density at radius 1 is 1.31 bits per heavy atom. The van der Waals surface area contributed by atoms with Crippen molar-refractivity contribution in [1.82, 2.24) is 14.3 Å². The number of ether oxygens (including phenoxy) is 2. The zero-order valence-electron chi connectivity index (χ0n) is 14.6. The number of hydrogen-bond acceptors (Lipinski definition) is 5. The number of carbonyl (C=O) groups is 1. The molecule has 0 radical (unpaired) electrons. The third kappa shape index (κ3) is 3.31. The zero-order valence-corrected chi connectivity index (χ0v) is 17.1. The normalized spacial score (nSPS) is 13.2. The van der Waals surface area contributed by atoms with E-state index in [1.54, 1.807) is 23.3 Å². The third-order valence-corrected chi connectivity index (χ3v) is 5.45. The number of carbonyl (C=O) groups excluding carboxylic acids is 1. The van der Waals surface area contributed by atoms with E-state index in [-0.39, 0.29) is 23.1 Å². The molecule has 0 atom stereocenters. The van der Waals surface area contributed by atoms with Crippen LogP contribution in [0, 0.1) is 0 Å². The summed E-state index contributed by atoms with van der Waals surface area (Å²) in [5, 5.41) is 0. The van der Waals surface area contributed by atoms with Gasteiger partial charge in [0.1, 0.15) is 5.75 Å². The fourth-order valence-electron chi connectivity index (χ4n) is 3.08. The average molecular weight is 438 g/mol. The van der Waals surface area contributed by atoms with Crippen molar-refractivity contribution in [2.45, 2.75) is 19.9 Å². The van der Waals surface area contributed by atoms with E-state index in [0.717, 1.165) is 28.4 Å². The van der Waals surface area contributed by atoms with E-state index < -0.39 is 0 Å². The van der Waals surface area contributed by atoms with E-state index in [1.165, 1.54) is 10.6 Å². The Morgan fingerprint density at radius 3 is 2.77 bits per heavy atom. The number of halogens is 1. The SMILES string of the molecule is Br.CCOC(=O)N1CCc2c(sc3nc(-c4ccc(OC)cc4)cn23)C1. The molecule has 1 aliphatic rings. The summed E-state index contributed by atoms with van der Waals surface area (Å²) >= 11 is 1.64. The van der Waals surface area contributed by atoms with Crippen molar-refractivity contribution >= 4 is 39.4 Å². The van der Waals surface area contributed by atoms with Gasteiger partial charge in [-0.2, -0.15) is 0 Å². The number of methoxy groups -OCH3 is 1. The smallest absolute Gasteiger partial charge is 0.410 e. The highest BCUT2D eigenvalue weighted by Crippen LogP contribution is 2.31. The largest absolute Gasteiger partial charge is 0.497 e. The molecule has 0 spiro atoms. The Labute approximate surface area is 166 Å². The summed E-state index contributed by atoms with van der Waals surface area (Å²) < 4.78 is 12.5. The van der Waals surface area contributed by atoms with Crippen molar-refractivity contribution in [2.24, 2.45) is 0 Å². The van der Waals surface area contributed by atoms with Crippen molar-refractivity contribution in [2.75, 3.05) is 20.3 Å². The zero-order chi connectivity index (χ0) is 17.4. The van der Waals surface area contributed by atoms with Crippen molar-refractivity contribution in [3.05, 3.63) is 41.0 Å². The highest BCUT2D eigenvalue weighted by atomic mass is 79.9. The topological polar surface area (TPSA) is 56.1 Å². The number of nitrogens with zero attached hydrogens (tertiary/aromatic N) is 3. The van der Waals surface area contributed by atoms with Gasteiger partial charge in [-0.05, 0) is 31.2 Å². The first-order valence-corrected chi connectivity index (χ1v) is 9.07.